The van der Waals surface area contributed by atoms with Crippen LogP contribution in [0.1, 0.15) is 26.2 Å². The first-order chi connectivity index (χ1) is 12.4. The van der Waals surface area contributed by atoms with E-state index in [4.69, 9.17) is 0 Å². The van der Waals surface area contributed by atoms with Gasteiger partial charge in [-0.25, -0.2) is 4.98 Å². The van der Waals surface area contributed by atoms with E-state index in [1.165, 1.54) is 35.7 Å². The summed E-state index contributed by atoms with van der Waals surface area (Å²) in [6, 6.07) is 7.13. The number of nitrogens with one attached hydrogen (secondary N) is 1. The molecule has 27 heavy (non-hydrogen) atoms. The fraction of sp³-hybridized carbons (Fsp3) is 0.312. The Hall–Kier alpha value is -3.16. The molecular weight excluding hydrogens is 375 g/mol. The maximum absolute atomic E-state index is 13.5. The maximum atomic E-state index is 13.5. The van der Waals surface area contributed by atoms with Crippen LogP contribution in [0.4, 0.5) is 22.0 Å². The Labute approximate surface area is 149 Å². The fourth-order valence-corrected chi connectivity index (χ4v) is 2.35. The van der Waals surface area contributed by atoms with Crippen LogP contribution >= 0.6 is 0 Å². The van der Waals surface area contributed by atoms with Crippen molar-refractivity contribution in [3.63, 3.8) is 0 Å². The first-order valence-electron chi connectivity index (χ1n) is 7.38. The van der Waals surface area contributed by atoms with Crippen molar-refractivity contribution >= 4 is 22.5 Å². The Morgan fingerprint density at radius 1 is 1.30 bits per heavy atom. The van der Waals surface area contributed by atoms with Gasteiger partial charge in [-0.2, -0.15) is 27.2 Å². The molecule has 0 aliphatic rings. The molecule has 1 aromatic carbocycles. The lowest BCUT2D eigenvalue weighted by atomic mass is 9.98. The lowest BCUT2D eigenvalue weighted by molar-refractivity contribution is -0.175. The summed E-state index contributed by atoms with van der Waals surface area (Å²) in [5, 5.41) is 21.2. The number of fused-ring (bicyclic) bond motifs is 1. The van der Waals surface area contributed by atoms with Gasteiger partial charge < -0.3 is 10.4 Å². The van der Waals surface area contributed by atoms with Gasteiger partial charge in [0, 0.05) is 0 Å². The molecule has 6 nitrogen and oxygen atoms in total. The number of carbonyl (C=O) groups is 1. The number of allylic oxidation sites excluding steroid dienone is 1. The third kappa shape index (κ3) is 3.84. The van der Waals surface area contributed by atoms with E-state index in [9.17, 15) is 37.1 Å². The number of aromatic nitrogens is 2. The summed E-state index contributed by atoms with van der Waals surface area (Å²) in [5.74, 6) is -4.04. The number of carbonyl (C=O) groups excluding carboxylic acids is 1. The van der Waals surface area contributed by atoms with Crippen LogP contribution in [0.25, 0.3) is 16.6 Å². The summed E-state index contributed by atoms with van der Waals surface area (Å²) < 4.78 is 64.8. The van der Waals surface area contributed by atoms with Gasteiger partial charge in [-0.05, 0) is 26.0 Å². The van der Waals surface area contributed by atoms with Crippen molar-refractivity contribution in [1.82, 2.24) is 14.9 Å². The van der Waals surface area contributed by atoms with Crippen molar-refractivity contribution in [2.24, 2.45) is 0 Å². The number of hydrogen-bond acceptors (Lipinski definition) is 4. The van der Waals surface area contributed by atoms with Crippen LogP contribution in [0.5, 0.6) is 0 Å². The monoisotopic (exact) mass is 388 g/mol. The topological polar surface area (TPSA) is 90.9 Å². The summed E-state index contributed by atoms with van der Waals surface area (Å²) in [4.78, 5) is 15.0. The number of halogens is 5. The van der Waals surface area contributed by atoms with Gasteiger partial charge in [0.15, 0.2) is 5.82 Å². The molecule has 144 valence electrons. The number of hydrogen-bond donors (Lipinski definition) is 2. The molecule has 0 aliphatic carbocycles. The fourth-order valence-electron chi connectivity index (χ4n) is 2.35. The zero-order chi connectivity index (χ0) is 20.6. The number of rotatable bonds is 4. The van der Waals surface area contributed by atoms with Crippen molar-refractivity contribution in [2.45, 2.75) is 32.1 Å². The van der Waals surface area contributed by atoms with Crippen molar-refractivity contribution in [2.75, 3.05) is 0 Å². The third-order valence-electron chi connectivity index (χ3n) is 3.64. The lowest BCUT2D eigenvalue weighted by Crippen LogP contribution is -2.50. The standard InChI is InChI=1S/C16H13F5N4O2/c1-15(2,24-13(27)16(19,20)21)11(26)8(7-22)12-23-9-5-3-4-6-10(9)25(12)14(17)18/h3-6,14,26H,1-2H3,(H,24,27)/b11-8-. The Kier molecular flexibility index (Phi) is 5.12. The molecule has 0 unspecified atom stereocenters. The molecule has 1 amide bonds. The number of nitriles is 1. The number of nitrogens with zero attached hydrogens (tertiary/aromatic N) is 3. The Bertz CT molecular complexity index is 954. The third-order valence-corrected chi connectivity index (χ3v) is 3.64. The second-order valence-corrected chi connectivity index (χ2v) is 5.98. The minimum Gasteiger partial charge on any atom is -0.508 e. The average Bonchev–Trinajstić information content (AvgIpc) is 2.93. The van der Waals surface area contributed by atoms with Crippen molar-refractivity contribution in [3.8, 4) is 6.07 Å². The molecule has 0 atom stereocenters. The number of aliphatic hydroxyl groups excluding tert-OH is 1. The largest absolute Gasteiger partial charge is 0.508 e. The minimum absolute atomic E-state index is 0.0415. The van der Waals surface area contributed by atoms with Gasteiger partial charge in [0.05, 0.1) is 16.6 Å². The highest BCUT2D eigenvalue weighted by Gasteiger charge is 2.43. The van der Waals surface area contributed by atoms with Gasteiger partial charge in [-0.3, -0.25) is 9.36 Å². The smallest absolute Gasteiger partial charge is 0.471 e. The Morgan fingerprint density at radius 2 is 1.89 bits per heavy atom. The molecule has 2 rings (SSSR count). The predicted molar refractivity (Wildman–Crippen MR) is 84.4 cm³/mol. The normalized spacial score (nSPS) is 13.4. The minimum atomic E-state index is -5.24. The highest BCUT2D eigenvalue weighted by atomic mass is 19.4. The quantitative estimate of drug-likeness (QED) is 0.475. The summed E-state index contributed by atoms with van der Waals surface area (Å²) in [6.07, 6.45) is -5.24. The molecule has 1 heterocycles. The Morgan fingerprint density at radius 3 is 2.41 bits per heavy atom. The second-order valence-electron chi connectivity index (χ2n) is 5.98. The first kappa shape index (κ1) is 20.2. The molecule has 1 aromatic heterocycles. The van der Waals surface area contributed by atoms with Crippen molar-refractivity contribution in [3.05, 3.63) is 35.8 Å². The number of imidazole rings is 1. The second kappa shape index (κ2) is 6.86. The number of amides is 1. The van der Waals surface area contributed by atoms with Gasteiger partial charge in [0.25, 0.3) is 0 Å². The van der Waals surface area contributed by atoms with E-state index >= 15 is 0 Å². The van der Waals surface area contributed by atoms with Gasteiger partial charge in [0.2, 0.25) is 0 Å². The van der Waals surface area contributed by atoms with E-state index in [0.29, 0.717) is 4.57 Å². The van der Waals surface area contributed by atoms with Crippen LogP contribution < -0.4 is 5.32 Å². The number of alkyl halides is 5. The highest BCUT2D eigenvalue weighted by Crippen LogP contribution is 2.31. The summed E-state index contributed by atoms with van der Waals surface area (Å²) in [6.45, 7) is -1.17. The molecule has 0 aliphatic heterocycles. The molecule has 0 saturated heterocycles. The molecule has 0 spiro atoms. The molecule has 0 fully saturated rings. The van der Waals surface area contributed by atoms with Crippen LogP contribution in [0.2, 0.25) is 0 Å². The number of para-hydroxylation sites is 2. The highest BCUT2D eigenvalue weighted by molar-refractivity contribution is 5.86. The molecule has 0 bridgehead atoms. The van der Waals surface area contributed by atoms with E-state index in [1.54, 1.807) is 0 Å². The van der Waals surface area contributed by atoms with Gasteiger partial charge in [-0.15, -0.1) is 0 Å². The van der Waals surface area contributed by atoms with E-state index < -0.39 is 41.3 Å². The van der Waals surface area contributed by atoms with Crippen LogP contribution in [0, 0.1) is 11.3 Å². The number of aliphatic hydroxyl groups is 1. The first-order valence-corrected chi connectivity index (χ1v) is 7.38. The van der Waals surface area contributed by atoms with Crippen LogP contribution in [0.3, 0.4) is 0 Å². The van der Waals surface area contributed by atoms with Gasteiger partial charge in [-0.1, -0.05) is 12.1 Å². The Balaban J connectivity index is 2.64. The van der Waals surface area contributed by atoms with Crippen LogP contribution in [-0.2, 0) is 4.79 Å². The summed E-state index contributed by atoms with van der Waals surface area (Å²) in [5.41, 5.74) is -2.83. The number of benzene rings is 1. The maximum Gasteiger partial charge on any atom is 0.471 e. The van der Waals surface area contributed by atoms with E-state index in [1.807, 2.05) is 0 Å². The van der Waals surface area contributed by atoms with Crippen molar-refractivity contribution in [1.29, 1.82) is 5.26 Å². The molecule has 2 N–H and O–H groups in total. The summed E-state index contributed by atoms with van der Waals surface area (Å²) in [7, 11) is 0. The average molecular weight is 388 g/mol. The zero-order valence-electron chi connectivity index (χ0n) is 14.0. The summed E-state index contributed by atoms with van der Waals surface area (Å²) >= 11 is 0. The van der Waals surface area contributed by atoms with Crippen LogP contribution in [-0.4, -0.2) is 32.3 Å². The van der Waals surface area contributed by atoms with Crippen molar-refractivity contribution < 1.29 is 31.9 Å². The molecule has 2 aromatic rings. The SMILES string of the molecule is CC(C)(NC(=O)C(F)(F)F)/C(O)=C(\C#N)c1nc2ccccc2n1C(F)F. The molecular formula is C16H13F5N4O2. The van der Waals surface area contributed by atoms with Gasteiger partial charge in [0.1, 0.15) is 17.4 Å². The molecule has 0 radical (unpaired) electrons. The van der Waals surface area contributed by atoms with Crippen LogP contribution in [0.15, 0.2) is 30.0 Å². The zero-order valence-corrected chi connectivity index (χ0v) is 14.0. The molecule has 0 saturated carbocycles. The predicted octanol–water partition coefficient (Wildman–Crippen LogP) is 3.68. The van der Waals surface area contributed by atoms with Gasteiger partial charge >= 0.3 is 18.6 Å². The molecule has 11 heteroatoms. The van der Waals surface area contributed by atoms with E-state index in [0.717, 1.165) is 13.8 Å². The van der Waals surface area contributed by atoms with E-state index in [-0.39, 0.29) is 11.0 Å². The lowest BCUT2D eigenvalue weighted by Gasteiger charge is -2.27. The van der Waals surface area contributed by atoms with E-state index in [2.05, 4.69) is 4.98 Å².